The van der Waals surface area contributed by atoms with Crippen LogP contribution in [-0.4, -0.2) is 42.1 Å². The molecular weight excluding hydrogens is 484 g/mol. The molecule has 0 aliphatic rings. The van der Waals surface area contributed by atoms with Crippen molar-refractivity contribution < 1.29 is 19.1 Å². The third-order valence-corrected chi connectivity index (χ3v) is 5.24. The zero-order valence-electron chi connectivity index (χ0n) is 18.2. The Morgan fingerprint density at radius 3 is 2.18 bits per heavy atom. The van der Waals surface area contributed by atoms with E-state index in [1.807, 2.05) is 42.5 Å². The number of para-hydroxylation sites is 1. The van der Waals surface area contributed by atoms with E-state index in [-0.39, 0.29) is 5.78 Å². The van der Waals surface area contributed by atoms with E-state index < -0.39 is 12.1 Å². The number of amides is 1. The van der Waals surface area contributed by atoms with Crippen LogP contribution in [-0.2, 0) is 9.53 Å². The minimum atomic E-state index is -1.03. The third kappa shape index (κ3) is 6.17. The number of aromatic amines is 1. The Morgan fingerprint density at radius 2 is 1.55 bits per heavy atom. The molecule has 1 aromatic heterocycles. The fourth-order valence-electron chi connectivity index (χ4n) is 3.08. The monoisotopic (exact) mass is 506 g/mol. The topological polar surface area (TPSA) is 79.5 Å². The van der Waals surface area contributed by atoms with Crippen LogP contribution in [0.15, 0.2) is 89.5 Å². The van der Waals surface area contributed by atoms with E-state index in [9.17, 15) is 14.4 Å². The molecule has 3 aromatic carbocycles. The lowest BCUT2D eigenvalue weighted by Crippen LogP contribution is -2.20. The van der Waals surface area contributed by atoms with Gasteiger partial charge in [0, 0.05) is 46.8 Å². The Labute approximate surface area is 200 Å². The van der Waals surface area contributed by atoms with Gasteiger partial charge in [-0.25, -0.2) is 4.79 Å². The van der Waals surface area contributed by atoms with E-state index in [2.05, 4.69) is 20.9 Å². The molecule has 0 aliphatic heterocycles. The van der Waals surface area contributed by atoms with Crippen molar-refractivity contribution in [2.45, 2.75) is 6.10 Å². The van der Waals surface area contributed by atoms with E-state index in [1.165, 1.54) is 4.90 Å². The number of halogens is 1. The number of nitrogens with zero attached hydrogens (tertiary/aromatic N) is 1. The first-order valence-electron chi connectivity index (χ1n) is 10.1. The highest BCUT2D eigenvalue weighted by atomic mass is 79.9. The summed E-state index contributed by atoms with van der Waals surface area (Å²) < 4.78 is 6.54. The van der Waals surface area contributed by atoms with Crippen molar-refractivity contribution in [2.75, 3.05) is 14.1 Å². The fourth-order valence-corrected chi connectivity index (χ4v) is 3.34. The van der Waals surface area contributed by atoms with Crippen molar-refractivity contribution in [3.05, 3.63) is 106 Å². The number of nitrogens with one attached hydrogen (secondary N) is 1. The van der Waals surface area contributed by atoms with Gasteiger partial charge in [-0.05, 0) is 30.3 Å². The lowest BCUT2D eigenvalue weighted by molar-refractivity contribution is -0.115. The van der Waals surface area contributed by atoms with Gasteiger partial charge in [-0.3, -0.25) is 9.59 Å². The van der Waals surface area contributed by atoms with Crippen molar-refractivity contribution in [3.63, 3.8) is 0 Å². The highest BCUT2D eigenvalue weighted by molar-refractivity contribution is 9.10. The number of esters is 1. The minimum absolute atomic E-state index is 0.269. The number of fused-ring (bicyclic) bond motifs is 1. The molecule has 0 fully saturated rings. The van der Waals surface area contributed by atoms with Gasteiger partial charge < -0.3 is 14.6 Å². The first-order chi connectivity index (χ1) is 15.9. The van der Waals surface area contributed by atoms with E-state index in [4.69, 9.17) is 4.74 Å². The first-order valence-corrected chi connectivity index (χ1v) is 10.9. The number of rotatable bonds is 6. The van der Waals surface area contributed by atoms with Crippen molar-refractivity contribution in [2.24, 2.45) is 0 Å². The van der Waals surface area contributed by atoms with Gasteiger partial charge in [0.1, 0.15) is 0 Å². The summed E-state index contributed by atoms with van der Waals surface area (Å²) in [5, 5.41) is 0.799. The molecule has 33 heavy (non-hydrogen) atoms. The molecule has 1 unspecified atom stereocenters. The summed E-state index contributed by atoms with van der Waals surface area (Å²) >= 11 is 3.34. The maximum absolute atomic E-state index is 13.3. The van der Waals surface area contributed by atoms with Crippen molar-refractivity contribution >= 4 is 45.0 Å². The van der Waals surface area contributed by atoms with Gasteiger partial charge in [0.25, 0.3) is 0 Å². The maximum Gasteiger partial charge on any atom is 0.339 e. The number of benzene rings is 3. The van der Waals surface area contributed by atoms with Gasteiger partial charge in [0.2, 0.25) is 12.2 Å². The van der Waals surface area contributed by atoms with Crippen LogP contribution in [0.4, 0.5) is 0 Å². The van der Waals surface area contributed by atoms with Gasteiger partial charge >= 0.3 is 5.97 Å². The van der Waals surface area contributed by atoms with Crippen LogP contribution in [0.3, 0.4) is 0 Å². The van der Waals surface area contributed by atoms with Crippen LogP contribution in [0.2, 0.25) is 0 Å². The Balaban J connectivity index is 0.000000555. The molecular formula is C26H23BrN2O4. The van der Waals surface area contributed by atoms with Crippen LogP contribution >= 0.6 is 15.9 Å². The average Bonchev–Trinajstić information content (AvgIpc) is 3.27. The summed E-state index contributed by atoms with van der Waals surface area (Å²) in [6.07, 6.45) is 1.38. The summed E-state index contributed by atoms with van der Waals surface area (Å²) in [5.41, 5.74) is 2.36. The van der Waals surface area contributed by atoms with Gasteiger partial charge in [0.15, 0.2) is 6.10 Å². The molecule has 1 amide bonds. The fraction of sp³-hybridized carbons (Fsp3) is 0.115. The standard InChI is InChI=1S/C23H16BrNO3.C3H7NO/c24-17-12-10-16(11-13-17)23(27)28-22(15-6-2-1-3-7-15)21(26)19-14-25-20-9-5-4-8-18(19)20;1-4(2)3-5/h1-14,22,25H;3H,1-2H3. The van der Waals surface area contributed by atoms with Gasteiger partial charge in [0.05, 0.1) is 5.56 Å². The number of aromatic nitrogens is 1. The van der Waals surface area contributed by atoms with E-state index in [0.29, 0.717) is 16.7 Å². The van der Waals surface area contributed by atoms with Crippen LogP contribution < -0.4 is 0 Å². The predicted molar refractivity (Wildman–Crippen MR) is 131 cm³/mol. The molecule has 0 spiro atoms. The number of carbonyl (C=O) groups excluding carboxylic acids is 3. The van der Waals surface area contributed by atoms with Crippen LogP contribution in [0.25, 0.3) is 10.9 Å². The van der Waals surface area contributed by atoms with E-state index >= 15 is 0 Å². The SMILES string of the molecule is CN(C)C=O.O=C(OC(C(=O)c1c[nH]c2ccccc12)c1ccccc1)c1ccc(Br)cc1. The Hall–Kier alpha value is -3.71. The summed E-state index contributed by atoms with van der Waals surface area (Å²) in [7, 11) is 3.38. The summed E-state index contributed by atoms with van der Waals surface area (Å²) in [5.74, 6) is -0.816. The molecule has 6 nitrogen and oxygen atoms in total. The van der Waals surface area contributed by atoms with Crippen LogP contribution in [0, 0.1) is 0 Å². The van der Waals surface area contributed by atoms with Crippen molar-refractivity contribution in [3.8, 4) is 0 Å². The third-order valence-electron chi connectivity index (χ3n) is 4.71. The van der Waals surface area contributed by atoms with Crippen LogP contribution in [0.1, 0.15) is 32.4 Å². The molecule has 7 heteroatoms. The molecule has 0 radical (unpaired) electrons. The average molecular weight is 507 g/mol. The van der Waals surface area contributed by atoms with Crippen LogP contribution in [0.5, 0.6) is 0 Å². The molecule has 4 rings (SSSR count). The molecule has 1 heterocycles. The Kier molecular flexibility index (Phi) is 8.16. The van der Waals surface area contributed by atoms with E-state index in [1.54, 1.807) is 56.7 Å². The molecule has 0 aliphatic carbocycles. The zero-order valence-corrected chi connectivity index (χ0v) is 19.8. The second-order valence-electron chi connectivity index (χ2n) is 7.38. The first kappa shape index (κ1) is 23.9. The quantitative estimate of drug-likeness (QED) is 0.215. The molecule has 0 bridgehead atoms. The molecule has 0 saturated heterocycles. The number of hydrogen-bond donors (Lipinski definition) is 1. The minimum Gasteiger partial charge on any atom is -0.445 e. The Bertz CT molecular complexity index is 1230. The number of Topliss-reactive ketones (excluding diaryl/α,β-unsaturated/α-hetero) is 1. The number of H-pyrrole nitrogens is 1. The molecule has 168 valence electrons. The smallest absolute Gasteiger partial charge is 0.339 e. The van der Waals surface area contributed by atoms with E-state index in [0.717, 1.165) is 21.8 Å². The highest BCUT2D eigenvalue weighted by Gasteiger charge is 2.28. The van der Waals surface area contributed by atoms with Gasteiger partial charge in [-0.1, -0.05) is 64.5 Å². The summed E-state index contributed by atoms with van der Waals surface area (Å²) in [4.78, 5) is 40.0. The summed E-state index contributed by atoms with van der Waals surface area (Å²) in [6, 6.07) is 23.4. The number of ketones is 1. The maximum atomic E-state index is 13.3. The van der Waals surface area contributed by atoms with Crippen molar-refractivity contribution in [1.29, 1.82) is 0 Å². The van der Waals surface area contributed by atoms with Gasteiger partial charge in [-0.15, -0.1) is 0 Å². The zero-order chi connectivity index (χ0) is 23.8. The lowest BCUT2D eigenvalue weighted by Gasteiger charge is -2.17. The number of hydrogen-bond acceptors (Lipinski definition) is 4. The van der Waals surface area contributed by atoms with Gasteiger partial charge in [-0.2, -0.15) is 0 Å². The molecule has 4 aromatic rings. The molecule has 1 atom stereocenters. The Morgan fingerprint density at radius 1 is 0.939 bits per heavy atom. The van der Waals surface area contributed by atoms with Crippen molar-refractivity contribution in [1.82, 2.24) is 9.88 Å². The second-order valence-corrected chi connectivity index (χ2v) is 8.30. The molecule has 1 N–H and O–H groups in total. The molecule has 0 saturated carbocycles. The lowest BCUT2D eigenvalue weighted by atomic mass is 9.99. The highest BCUT2D eigenvalue weighted by Crippen LogP contribution is 2.28. The number of ether oxygens (including phenoxy) is 1. The normalized spacial score (nSPS) is 11.1. The number of carbonyl (C=O) groups is 3. The largest absolute Gasteiger partial charge is 0.445 e. The predicted octanol–water partition coefficient (Wildman–Crippen LogP) is 5.42. The summed E-state index contributed by atoms with van der Waals surface area (Å²) in [6.45, 7) is 0. The second kappa shape index (κ2) is 11.2.